The van der Waals surface area contributed by atoms with Crippen LogP contribution in [-0.2, 0) is 0 Å². The van der Waals surface area contributed by atoms with Gasteiger partial charge < -0.3 is 15.8 Å². The standard InChI is InChI=1S/C6H4F3N3O2/c7-4(8)2-1-3(10)5(9)11-6(2)12(13)14/h1,4H,10H2. The Morgan fingerprint density at radius 3 is 2.57 bits per heavy atom. The molecule has 1 aromatic heterocycles. The molecule has 1 rings (SSSR count). The molecular weight excluding hydrogens is 203 g/mol. The van der Waals surface area contributed by atoms with E-state index in [1.165, 1.54) is 0 Å². The Morgan fingerprint density at radius 2 is 2.14 bits per heavy atom. The highest BCUT2D eigenvalue weighted by Crippen LogP contribution is 2.29. The maximum absolute atomic E-state index is 12.6. The fraction of sp³-hybridized carbons (Fsp3) is 0.167. The third kappa shape index (κ3) is 1.73. The highest BCUT2D eigenvalue weighted by Gasteiger charge is 2.26. The summed E-state index contributed by atoms with van der Waals surface area (Å²) in [6.45, 7) is 0. The summed E-state index contributed by atoms with van der Waals surface area (Å²) in [6.07, 6.45) is -3.12. The Balaban J connectivity index is 3.39. The molecule has 0 fully saturated rings. The second kappa shape index (κ2) is 3.48. The summed E-state index contributed by atoms with van der Waals surface area (Å²) in [5.41, 5.74) is 3.29. The number of aromatic nitrogens is 1. The molecule has 0 aliphatic rings. The molecule has 5 nitrogen and oxygen atoms in total. The van der Waals surface area contributed by atoms with Gasteiger partial charge in [-0.2, -0.15) is 4.39 Å². The number of hydrogen-bond acceptors (Lipinski definition) is 4. The summed E-state index contributed by atoms with van der Waals surface area (Å²) < 4.78 is 37.0. The average molecular weight is 207 g/mol. The highest BCUT2D eigenvalue weighted by molar-refractivity contribution is 5.46. The van der Waals surface area contributed by atoms with Crippen LogP contribution in [-0.4, -0.2) is 9.91 Å². The minimum absolute atomic E-state index is 0.505. The average Bonchev–Trinajstić information content (AvgIpc) is 2.08. The third-order valence-corrected chi connectivity index (χ3v) is 1.42. The van der Waals surface area contributed by atoms with Gasteiger partial charge in [0, 0.05) is 0 Å². The Labute approximate surface area is 75.5 Å². The number of hydrogen-bond donors (Lipinski definition) is 1. The zero-order valence-electron chi connectivity index (χ0n) is 6.58. The van der Waals surface area contributed by atoms with Crippen LogP contribution in [0.25, 0.3) is 0 Å². The van der Waals surface area contributed by atoms with E-state index in [0.29, 0.717) is 6.07 Å². The number of anilines is 1. The zero-order valence-corrected chi connectivity index (χ0v) is 6.58. The van der Waals surface area contributed by atoms with Gasteiger partial charge in [-0.3, -0.25) is 0 Å². The van der Waals surface area contributed by atoms with Gasteiger partial charge in [0.05, 0.1) is 0 Å². The molecule has 0 aliphatic heterocycles. The first-order valence-corrected chi connectivity index (χ1v) is 3.32. The molecule has 0 aliphatic carbocycles. The van der Waals surface area contributed by atoms with Crippen LogP contribution in [0.2, 0.25) is 0 Å². The van der Waals surface area contributed by atoms with E-state index in [0.717, 1.165) is 0 Å². The van der Waals surface area contributed by atoms with Crippen molar-refractivity contribution in [2.75, 3.05) is 5.73 Å². The van der Waals surface area contributed by atoms with Crippen molar-refractivity contribution in [1.82, 2.24) is 4.98 Å². The first-order chi connectivity index (χ1) is 6.43. The van der Waals surface area contributed by atoms with Crippen LogP contribution in [0, 0.1) is 16.1 Å². The molecule has 0 saturated carbocycles. The molecule has 0 aromatic carbocycles. The fourth-order valence-corrected chi connectivity index (χ4v) is 0.821. The quantitative estimate of drug-likeness (QED) is 0.454. The molecule has 0 amide bonds. The van der Waals surface area contributed by atoms with Crippen LogP contribution < -0.4 is 5.73 Å². The lowest BCUT2D eigenvalue weighted by molar-refractivity contribution is -0.391. The number of nitrogens with two attached hydrogens (primary N) is 1. The molecule has 0 atom stereocenters. The minimum Gasteiger partial charge on any atom is -0.393 e. The van der Waals surface area contributed by atoms with Gasteiger partial charge in [-0.15, -0.1) is 0 Å². The van der Waals surface area contributed by atoms with Gasteiger partial charge in [0.15, 0.2) is 0 Å². The van der Waals surface area contributed by atoms with Crippen molar-refractivity contribution >= 4 is 11.5 Å². The van der Waals surface area contributed by atoms with Crippen molar-refractivity contribution in [3.8, 4) is 0 Å². The summed E-state index contributed by atoms with van der Waals surface area (Å²) in [5.74, 6) is -2.55. The maximum Gasteiger partial charge on any atom is 0.375 e. The minimum atomic E-state index is -3.12. The summed E-state index contributed by atoms with van der Waals surface area (Å²) in [6, 6.07) is 0.505. The summed E-state index contributed by atoms with van der Waals surface area (Å²) >= 11 is 0. The lowest BCUT2D eigenvalue weighted by Gasteiger charge is -2.01. The van der Waals surface area contributed by atoms with Crippen molar-refractivity contribution in [2.45, 2.75) is 6.43 Å². The van der Waals surface area contributed by atoms with Gasteiger partial charge in [-0.05, 0) is 16.0 Å². The molecule has 0 saturated heterocycles. The monoisotopic (exact) mass is 207 g/mol. The normalized spacial score (nSPS) is 10.6. The number of pyridine rings is 1. The van der Waals surface area contributed by atoms with E-state index in [1.807, 2.05) is 0 Å². The first-order valence-electron chi connectivity index (χ1n) is 3.32. The van der Waals surface area contributed by atoms with E-state index >= 15 is 0 Å². The van der Waals surface area contributed by atoms with Gasteiger partial charge >= 0.3 is 11.8 Å². The maximum atomic E-state index is 12.6. The first kappa shape index (κ1) is 10.2. The molecule has 0 unspecified atom stereocenters. The Bertz CT molecular complexity index is 383. The number of rotatable bonds is 2. The predicted octanol–water partition coefficient (Wildman–Crippen LogP) is 1.65. The molecule has 1 aromatic rings. The Morgan fingerprint density at radius 1 is 1.57 bits per heavy atom. The van der Waals surface area contributed by atoms with Gasteiger partial charge in [0.25, 0.3) is 6.43 Å². The Hall–Kier alpha value is -1.86. The second-order valence-corrected chi connectivity index (χ2v) is 2.34. The van der Waals surface area contributed by atoms with Crippen LogP contribution in [0.3, 0.4) is 0 Å². The predicted molar refractivity (Wildman–Crippen MR) is 40.2 cm³/mol. The Kier molecular flexibility index (Phi) is 2.54. The number of alkyl halides is 2. The van der Waals surface area contributed by atoms with Crippen LogP contribution >= 0.6 is 0 Å². The molecule has 14 heavy (non-hydrogen) atoms. The number of halogens is 3. The summed E-state index contributed by atoms with van der Waals surface area (Å²) in [4.78, 5) is 11.7. The van der Waals surface area contributed by atoms with Gasteiger partial charge in [0.2, 0.25) is 0 Å². The van der Waals surface area contributed by atoms with Crippen molar-refractivity contribution < 1.29 is 18.1 Å². The highest BCUT2D eigenvalue weighted by atomic mass is 19.3. The smallest absolute Gasteiger partial charge is 0.375 e. The third-order valence-electron chi connectivity index (χ3n) is 1.42. The van der Waals surface area contributed by atoms with Crippen molar-refractivity contribution in [3.05, 3.63) is 27.7 Å². The van der Waals surface area contributed by atoms with E-state index in [1.54, 1.807) is 0 Å². The summed E-state index contributed by atoms with van der Waals surface area (Å²) in [5, 5.41) is 10.2. The molecule has 0 radical (unpaired) electrons. The zero-order chi connectivity index (χ0) is 10.9. The van der Waals surface area contributed by atoms with E-state index in [-0.39, 0.29) is 0 Å². The lowest BCUT2D eigenvalue weighted by atomic mass is 10.2. The number of nitrogens with zero attached hydrogens (tertiary/aromatic N) is 2. The number of nitro groups is 1. The van der Waals surface area contributed by atoms with E-state index < -0.39 is 34.4 Å². The largest absolute Gasteiger partial charge is 0.393 e. The van der Waals surface area contributed by atoms with E-state index in [2.05, 4.69) is 4.98 Å². The van der Waals surface area contributed by atoms with Gasteiger partial charge in [0.1, 0.15) is 11.3 Å². The van der Waals surface area contributed by atoms with Crippen LogP contribution in [0.1, 0.15) is 12.0 Å². The second-order valence-electron chi connectivity index (χ2n) is 2.34. The van der Waals surface area contributed by atoms with Crippen molar-refractivity contribution in [1.29, 1.82) is 0 Å². The molecule has 0 spiro atoms. The van der Waals surface area contributed by atoms with E-state index in [9.17, 15) is 23.3 Å². The molecule has 2 N–H and O–H groups in total. The lowest BCUT2D eigenvalue weighted by Crippen LogP contribution is -2.04. The van der Waals surface area contributed by atoms with E-state index in [4.69, 9.17) is 5.73 Å². The number of nitrogen functional groups attached to an aromatic ring is 1. The van der Waals surface area contributed by atoms with Crippen LogP contribution in [0.4, 0.5) is 24.7 Å². The topological polar surface area (TPSA) is 82.0 Å². The van der Waals surface area contributed by atoms with Crippen molar-refractivity contribution in [3.63, 3.8) is 0 Å². The van der Waals surface area contributed by atoms with Gasteiger partial charge in [-0.25, -0.2) is 8.78 Å². The van der Waals surface area contributed by atoms with Gasteiger partial charge in [-0.1, -0.05) is 0 Å². The molecule has 76 valence electrons. The van der Waals surface area contributed by atoms with Crippen molar-refractivity contribution in [2.24, 2.45) is 0 Å². The van der Waals surface area contributed by atoms with Crippen LogP contribution in [0.15, 0.2) is 6.07 Å². The fourth-order valence-electron chi connectivity index (χ4n) is 0.821. The summed E-state index contributed by atoms with van der Waals surface area (Å²) in [7, 11) is 0. The SMILES string of the molecule is Nc1cc(C(F)F)c([N+](=O)[O-])nc1F. The van der Waals surface area contributed by atoms with Crippen LogP contribution in [0.5, 0.6) is 0 Å². The molecule has 0 bridgehead atoms. The molecule has 8 heteroatoms. The molecular formula is C6H4F3N3O2. The molecule has 1 heterocycles.